The average Bonchev–Trinajstić information content (AvgIpc) is 2.38. The van der Waals surface area contributed by atoms with Crippen LogP contribution in [0.15, 0.2) is 18.2 Å². The van der Waals surface area contributed by atoms with E-state index in [1.807, 2.05) is 0 Å². The van der Waals surface area contributed by atoms with Gasteiger partial charge in [-0.2, -0.15) is 0 Å². The zero-order chi connectivity index (χ0) is 14.9. The molecule has 1 heterocycles. The summed E-state index contributed by atoms with van der Waals surface area (Å²) in [6.07, 6.45) is 0. The number of benzene rings is 1. The van der Waals surface area contributed by atoms with Gasteiger partial charge < -0.3 is 15.5 Å². The Bertz CT molecular complexity index is 550. The first-order chi connectivity index (χ1) is 9.38. The van der Waals surface area contributed by atoms with Gasteiger partial charge in [0.1, 0.15) is 11.6 Å². The zero-order valence-electron chi connectivity index (χ0n) is 11.0. The van der Waals surface area contributed by atoms with Crippen LogP contribution in [0.2, 0.25) is 0 Å². The van der Waals surface area contributed by atoms with E-state index in [0.29, 0.717) is 0 Å². The van der Waals surface area contributed by atoms with Crippen LogP contribution in [-0.2, 0) is 9.59 Å². The van der Waals surface area contributed by atoms with Crippen molar-refractivity contribution < 1.29 is 18.4 Å². The molecule has 108 valence electrons. The first-order valence-corrected chi connectivity index (χ1v) is 6.10. The molecule has 1 unspecified atom stereocenters. The number of likely N-dealkylation sites (N-methyl/N-ethyl adjacent to an activating group) is 1. The number of halogens is 2. The van der Waals surface area contributed by atoms with Gasteiger partial charge in [-0.1, -0.05) is 0 Å². The standard InChI is InChI=1S/C13H15F2N3O2/c1-17-6-13(20)18(7-12(17)19)5-11(16)9-4-8(14)2-3-10(9)15/h2-4,11H,5-7,16H2,1H3. The van der Waals surface area contributed by atoms with Crippen LogP contribution in [0.3, 0.4) is 0 Å². The molecular weight excluding hydrogens is 268 g/mol. The molecule has 1 aromatic carbocycles. The lowest BCUT2D eigenvalue weighted by Gasteiger charge is -2.33. The van der Waals surface area contributed by atoms with Crippen molar-refractivity contribution in [2.45, 2.75) is 6.04 Å². The van der Waals surface area contributed by atoms with E-state index < -0.39 is 17.7 Å². The molecule has 1 aliphatic rings. The quantitative estimate of drug-likeness (QED) is 0.865. The fraction of sp³-hybridized carbons (Fsp3) is 0.385. The molecule has 7 heteroatoms. The predicted molar refractivity (Wildman–Crippen MR) is 67.5 cm³/mol. The molecule has 1 saturated heterocycles. The number of nitrogens with zero attached hydrogens (tertiary/aromatic N) is 2. The summed E-state index contributed by atoms with van der Waals surface area (Å²) in [4.78, 5) is 25.9. The smallest absolute Gasteiger partial charge is 0.242 e. The second kappa shape index (κ2) is 5.54. The Labute approximate surface area is 114 Å². The maximum atomic E-state index is 13.6. The van der Waals surface area contributed by atoms with E-state index in [-0.39, 0.29) is 37.0 Å². The zero-order valence-corrected chi connectivity index (χ0v) is 11.0. The molecule has 0 radical (unpaired) electrons. The van der Waals surface area contributed by atoms with Crippen LogP contribution in [0.5, 0.6) is 0 Å². The van der Waals surface area contributed by atoms with Crippen LogP contribution in [0.4, 0.5) is 8.78 Å². The molecule has 2 rings (SSSR count). The highest BCUT2D eigenvalue weighted by molar-refractivity contribution is 5.92. The maximum Gasteiger partial charge on any atom is 0.242 e. The summed E-state index contributed by atoms with van der Waals surface area (Å²) in [5, 5.41) is 0. The van der Waals surface area contributed by atoms with Crippen molar-refractivity contribution in [2.24, 2.45) is 5.73 Å². The summed E-state index contributed by atoms with van der Waals surface area (Å²) in [7, 11) is 1.53. The normalized spacial score (nSPS) is 17.6. The molecule has 0 aliphatic carbocycles. The minimum absolute atomic E-state index is 0.0100. The topological polar surface area (TPSA) is 66.6 Å². The molecule has 1 aliphatic heterocycles. The van der Waals surface area contributed by atoms with Crippen molar-refractivity contribution in [2.75, 3.05) is 26.7 Å². The lowest BCUT2D eigenvalue weighted by molar-refractivity contribution is -0.148. The van der Waals surface area contributed by atoms with E-state index in [0.717, 1.165) is 18.2 Å². The van der Waals surface area contributed by atoms with Gasteiger partial charge in [-0.25, -0.2) is 8.78 Å². The number of rotatable bonds is 3. The van der Waals surface area contributed by atoms with Gasteiger partial charge in [0.05, 0.1) is 19.1 Å². The van der Waals surface area contributed by atoms with Gasteiger partial charge >= 0.3 is 0 Å². The maximum absolute atomic E-state index is 13.6. The van der Waals surface area contributed by atoms with Crippen molar-refractivity contribution in [1.82, 2.24) is 9.80 Å². The second-order valence-corrected chi connectivity index (χ2v) is 4.80. The van der Waals surface area contributed by atoms with Crippen LogP contribution in [0, 0.1) is 11.6 Å². The van der Waals surface area contributed by atoms with Gasteiger partial charge in [-0.3, -0.25) is 9.59 Å². The molecular formula is C13H15F2N3O2. The number of amides is 2. The Morgan fingerprint density at radius 1 is 1.25 bits per heavy atom. The minimum atomic E-state index is -0.883. The number of hydrogen-bond donors (Lipinski definition) is 1. The highest BCUT2D eigenvalue weighted by Crippen LogP contribution is 2.18. The lowest BCUT2D eigenvalue weighted by Crippen LogP contribution is -2.53. The fourth-order valence-electron chi connectivity index (χ4n) is 2.06. The van der Waals surface area contributed by atoms with Crippen LogP contribution in [0.1, 0.15) is 11.6 Å². The summed E-state index contributed by atoms with van der Waals surface area (Å²) in [6.45, 7) is -0.157. The Morgan fingerprint density at radius 3 is 2.65 bits per heavy atom. The molecule has 0 spiro atoms. The third kappa shape index (κ3) is 2.93. The van der Waals surface area contributed by atoms with Crippen molar-refractivity contribution in [3.05, 3.63) is 35.4 Å². The van der Waals surface area contributed by atoms with Crippen molar-refractivity contribution in [1.29, 1.82) is 0 Å². The third-order valence-corrected chi connectivity index (χ3v) is 3.25. The molecule has 0 aromatic heterocycles. The molecule has 0 bridgehead atoms. The average molecular weight is 283 g/mol. The van der Waals surface area contributed by atoms with Crippen LogP contribution in [0.25, 0.3) is 0 Å². The summed E-state index contributed by atoms with van der Waals surface area (Å²) < 4.78 is 26.7. The monoisotopic (exact) mass is 283 g/mol. The van der Waals surface area contributed by atoms with Gasteiger partial charge in [0.15, 0.2) is 0 Å². The number of nitrogens with two attached hydrogens (primary N) is 1. The molecule has 1 fully saturated rings. The SMILES string of the molecule is CN1CC(=O)N(CC(N)c2cc(F)ccc2F)CC1=O. The molecule has 5 nitrogen and oxygen atoms in total. The second-order valence-electron chi connectivity index (χ2n) is 4.80. The molecule has 2 amide bonds. The molecule has 1 aromatic rings. The van der Waals surface area contributed by atoms with E-state index in [2.05, 4.69) is 0 Å². The predicted octanol–water partition coefficient (Wildman–Crippen LogP) is 0.265. The Hall–Kier alpha value is -2.02. The summed E-state index contributed by atoms with van der Waals surface area (Å²) in [5.41, 5.74) is 5.80. The Kier molecular flexibility index (Phi) is 3.99. The number of piperazine rings is 1. The largest absolute Gasteiger partial charge is 0.335 e. The lowest BCUT2D eigenvalue weighted by atomic mass is 10.1. The first kappa shape index (κ1) is 14.4. The van der Waals surface area contributed by atoms with Gasteiger partial charge in [0.25, 0.3) is 0 Å². The van der Waals surface area contributed by atoms with Crippen LogP contribution in [-0.4, -0.2) is 48.3 Å². The highest BCUT2D eigenvalue weighted by Gasteiger charge is 2.29. The van der Waals surface area contributed by atoms with Crippen molar-refractivity contribution in [3.63, 3.8) is 0 Å². The van der Waals surface area contributed by atoms with Crippen molar-refractivity contribution in [3.8, 4) is 0 Å². The highest BCUT2D eigenvalue weighted by atomic mass is 19.1. The number of carbonyl (C=O) groups excluding carboxylic acids is 2. The van der Waals surface area contributed by atoms with Gasteiger partial charge in [0, 0.05) is 19.2 Å². The molecule has 0 saturated carbocycles. The molecule has 20 heavy (non-hydrogen) atoms. The van der Waals surface area contributed by atoms with Crippen molar-refractivity contribution >= 4 is 11.8 Å². The molecule has 1 atom stereocenters. The third-order valence-electron chi connectivity index (χ3n) is 3.25. The van der Waals surface area contributed by atoms with E-state index in [1.165, 1.54) is 16.8 Å². The first-order valence-electron chi connectivity index (χ1n) is 6.10. The van der Waals surface area contributed by atoms with Gasteiger partial charge in [-0.05, 0) is 18.2 Å². The van der Waals surface area contributed by atoms with Gasteiger partial charge in [-0.15, -0.1) is 0 Å². The minimum Gasteiger partial charge on any atom is -0.335 e. The fourth-order valence-corrected chi connectivity index (χ4v) is 2.06. The van der Waals surface area contributed by atoms with E-state index >= 15 is 0 Å². The van der Waals surface area contributed by atoms with E-state index in [9.17, 15) is 18.4 Å². The van der Waals surface area contributed by atoms with Crippen LogP contribution >= 0.6 is 0 Å². The summed E-state index contributed by atoms with van der Waals surface area (Å²) in [6, 6.07) is 2.10. The Morgan fingerprint density at radius 2 is 1.95 bits per heavy atom. The summed E-state index contributed by atoms with van der Waals surface area (Å²) in [5.74, 6) is -1.71. The number of carbonyl (C=O) groups is 2. The Balaban J connectivity index is 2.11. The van der Waals surface area contributed by atoms with E-state index in [1.54, 1.807) is 0 Å². The van der Waals surface area contributed by atoms with Gasteiger partial charge in [0.2, 0.25) is 11.8 Å². The number of hydrogen-bond acceptors (Lipinski definition) is 3. The van der Waals surface area contributed by atoms with E-state index in [4.69, 9.17) is 5.73 Å². The van der Waals surface area contributed by atoms with Crippen LogP contribution < -0.4 is 5.73 Å². The summed E-state index contributed by atoms with van der Waals surface area (Å²) >= 11 is 0. The molecule has 2 N–H and O–H groups in total.